The van der Waals surface area contributed by atoms with E-state index in [9.17, 15) is 0 Å². The Morgan fingerprint density at radius 2 is 1.69 bits per heavy atom. The molecule has 1 aromatic carbocycles. The van der Waals surface area contributed by atoms with Crippen molar-refractivity contribution in [1.82, 2.24) is 0 Å². The lowest BCUT2D eigenvalue weighted by molar-refractivity contribution is 0.315. The number of hydrogen-bond donors (Lipinski definition) is 0. The standard InChI is InChI=1S/C11H14BrClO.C2H6/c1-8-6-10(13)7-9(2)11(8)14-5-3-4-12;1-2/h6-7H,3-5H2,1-2H3;1-2H3. The van der Waals surface area contributed by atoms with Gasteiger partial charge >= 0.3 is 0 Å². The molecule has 0 N–H and O–H groups in total. The molecule has 1 nitrogen and oxygen atoms in total. The molecule has 0 aromatic heterocycles. The molecule has 3 heteroatoms. The molecular weight excluding hydrogens is 287 g/mol. The molecule has 0 spiro atoms. The van der Waals surface area contributed by atoms with E-state index in [-0.39, 0.29) is 0 Å². The summed E-state index contributed by atoms with van der Waals surface area (Å²) in [6, 6.07) is 3.86. The maximum Gasteiger partial charge on any atom is 0.125 e. The fraction of sp³-hybridized carbons (Fsp3) is 0.538. The molecule has 0 aliphatic rings. The quantitative estimate of drug-likeness (QED) is 0.552. The van der Waals surface area contributed by atoms with Crippen molar-refractivity contribution in [2.75, 3.05) is 11.9 Å². The predicted molar refractivity (Wildman–Crippen MR) is 76.2 cm³/mol. The van der Waals surface area contributed by atoms with Gasteiger partial charge in [-0.05, 0) is 43.5 Å². The Labute approximate surface area is 112 Å². The zero-order valence-electron chi connectivity index (χ0n) is 10.4. The normalized spacial score (nSPS) is 9.38. The van der Waals surface area contributed by atoms with Crippen molar-refractivity contribution in [3.8, 4) is 5.75 Å². The monoisotopic (exact) mass is 306 g/mol. The topological polar surface area (TPSA) is 9.23 Å². The summed E-state index contributed by atoms with van der Waals surface area (Å²) in [5, 5.41) is 1.74. The molecule has 0 amide bonds. The van der Waals surface area contributed by atoms with Crippen LogP contribution in [0.25, 0.3) is 0 Å². The molecule has 0 aliphatic heterocycles. The first-order valence-corrected chi connectivity index (χ1v) is 7.10. The second-order valence-electron chi connectivity index (χ2n) is 3.26. The average Bonchev–Trinajstić information content (AvgIpc) is 2.25. The average molecular weight is 308 g/mol. The molecule has 0 fully saturated rings. The van der Waals surface area contributed by atoms with Gasteiger partial charge in [0, 0.05) is 10.4 Å². The van der Waals surface area contributed by atoms with Crippen molar-refractivity contribution in [3.63, 3.8) is 0 Å². The number of hydrogen-bond acceptors (Lipinski definition) is 1. The van der Waals surface area contributed by atoms with Crippen LogP contribution in [0.1, 0.15) is 31.4 Å². The zero-order chi connectivity index (χ0) is 12.6. The van der Waals surface area contributed by atoms with Crippen LogP contribution in [0.3, 0.4) is 0 Å². The van der Waals surface area contributed by atoms with Crippen LogP contribution < -0.4 is 4.74 Å². The highest BCUT2D eigenvalue weighted by Gasteiger charge is 2.04. The van der Waals surface area contributed by atoms with Crippen LogP contribution in [-0.2, 0) is 0 Å². The summed E-state index contributed by atoms with van der Waals surface area (Å²) in [5.41, 5.74) is 2.20. The SMILES string of the molecule is CC.Cc1cc(Cl)cc(C)c1OCCCBr. The molecule has 92 valence electrons. The third-order valence-electron chi connectivity index (χ3n) is 1.95. The first-order valence-electron chi connectivity index (χ1n) is 5.60. The van der Waals surface area contributed by atoms with Gasteiger partial charge in [0.05, 0.1) is 6.61 Å². The Hall–Kier alpha value is -0.210. The van der Waals surface area contributed by atoms with Crippen LogP contribution >= 0.6 is 27.5 Å². The maximum atomic E-state index is 5.92. The number of benzene rings is 1. The fourth-order valence-corrected chi connectivity index (χ4v) is 1.91. The summed E-state index contributed by atoms with van der Waals surface area (Å²) < 4.78 is 5.67. The van der Waals surface area contributed by atoms with Crippen LogP contribution in [0, 0.1) is 13.8 Å². The van der Waals surface area contributed by atoms with Gasteiger partial charge in [-0.2, -0.15) is 0 Å². The van der Waals surface area contributed by atoms with Crippen molar-refractivity contribution in [3.05, 3.63) is 28.3 Å². The highest BCUT2D eigenvalue weighted by molar-refractivity contribution is 9.09. The van der Waals surface area contributed by atoms with E-state index in [0.717, 1.165) is 40.3 Å². The largest absolute Gasteiger partial charge is 0.493 e. The summed E-state index contributed by atoms with van der Waals surface area (Å²) in [6.45, 7) is 8.78. The number of aryl methyl sites for hydroxylation is 2. The fourth-order valence-electron chi connectivity index (χ4n) is 1.35. The van der Waals surface area contributed by atoms with E-state index in [1.165, 1.54) is 0 Å². The van der Waals surface area contributed by atoms with Crippen molar-refractivity contribution in [1.29, 1.82) is 0 Å². The third kappa shape index (κ3) is 5.22. The first-order chi connectivity index (χ1) is 7.65. The number of ether oxygens (including phenoxy) is 1. The minimum atomic E-state index is 0.745. The second-order valence-corrected chi connectivity index (χ2v) is 4.49. The Bertz CT molecular complexity index is 290. The van der Waals surface area contributed by atoms with E-state index in [0.29, 0.717) is 0 Å². The van der Waals surface area contributed by atoms with Gasteiger partial charge in [-0.1, -0.05) is 41.4 Å². The summed E-state index contributed by atoms with van der Waals surface area (Å²) in [6.07, 6.45) is 1.02. The van der Waals surface area contributed by atoms with Gasteiger partial charge in [0.15, 0.2) is 0 Å². The van der Waals surface area contributed by atoms with Crippen molar-refractivity contribution in [2.45, 2.75) is 34.1 Å². The van der Waals surface area contributed by atoms with E-state index < -0.39 is 0 Å². The van der Waals surface area contributed by atoms with Crippen LogP contribution in [0.15, 0.2) is 12.1 Å². The van der Waals surface area contributed by atoms with Gasteiger partial charge in [0.1, 0.15) is 5.75 Å². The lowest BCUT2D eigenvalue weighted by atomic mass is 10.1. The summed E-state index contributed by atoms with van der Waals surface area (Å²) in [5.74, 6) is 0.968. The molecule has 0 saturated heterocycles. The van der Waals surface area contributed by atoms with Crippen molar-refractivity contribution >= 4 is 27.5 Å². The Balaban J connectivity index is 0.00000106. The van der Waals surface area contributed by atoms with E-state index in [1.54, 1.807) is 0 Å². The molecule has 0 bridgehead atoms. The van der Waals surface area contributed by atoms with Crippen LogP contribution in [0.4, 0.5) is 0 Å². The maximum absolute atomic E-state index is 5.92. The first kappa shape index (κ1) is 15.8. The summed E-state index contributed by atoms with van der Waals surface area (Å²) >= 11 is 9.29. The molecular formula is C13H20BrClO. The molecule has 0 heterocycles. The molecule has 1 aromatic rings. The van der Waals surface area contributed by atoms with Gasteiger partial charge in [0.25, 0.3) is 0 Å². The lowest BCUT2D eigenvalue weighted by Gasteiger charge is -2.11. The van der Waals surface area contributed by atoms with E-state index in [1.807, 2.05) is 39.8 Å². The number of halogens is 2. The molecule has 0 unspecified atom stereocenters. The van der Waals surface area contributed by atoms with Gasteiger partial charge < -0.3 is 4.74 Å². The molecule has 0 saturated carbocycles. The minimum absolute atomic E-state index is 0.745. The second kappa shape index (κ2) is 8.89. The third-order valence-corrected chi connectivity index (χ3v) is 2.73. The predicted octanol–water partition coefficient (Wildman–Crippen LogP) is 5.15. The Morgan fingerprint density at radius 3 is 2.12 bits per heavy atom. The van der Waals surface area contributed by atoms with Gasteiger partial charge in [-0.25, -0.2) is 0 Å². The number of alkyl halides is 1. The summed E-state index contributed by atoms with van der Waals surface area (Å²) in [4.78, 5) is 0. The van der Waals surface area contributed by atoms with Crippen LogP contribution in [0.2, 0.25) is 5.02 Å². The van der Waals surface area contributed by atoms with Crippen LogP contribution in [0.5, 0.6) is 5.75 Å². The molecule has 0 radical (unpaired) electrons. The smallest absolute Gasteiger partial charge is 0.125 e. The molecule has 16 heavy (non-hydrogen) atoms. The lowest BCUT2D eigenvalue weighted by Crippen LogP contribution is -2.01. The molecule has 0 aliphatic carbocycles. The summed E-state index contributed by atoms with van der Waals surface area (Å²) in [7, 11) is 0. The van der Waals surface area contributed by atoms with Gasteiger partial charge in [-0.3, -0.25) is 0 Å². The Morgan fingerprint density at radius 1 is 1.19 bits per heavy atom. The minimum Gasteiger partial charge on any atom is -0.493 e. The Kier molecular flexibility index (Phi) is 8.77. The van der Waals surface area contributed by atoms with Crippen molar-refractivity contribution < 1.29 is 4.74 Å². The molecule has 1 rings (SSSR count). The number of rotatable bonds is 4. The van der Waals surface area contributed by atoms with Gasteiger partial charge in [-0.15, -0.1) is 0 Å². The van der Waals surface area contributed by atoms with Gasteiger partial charge in [0.2, 0.25) is 0 Å². The van der Waals surface area contributed by atoms with E-state index in [4.69, 9.17) is 16.3 Å². The molecule has 0 atom stereocenters. The highest BCUT2D eigenvalue weighted by Crippen LogP contribution is 2.27. The van der Waals surface area contributed by atoms with Crippen molar-refractivity contribution in [2.24, 2.45) is 0 Å². The van der Waals surface area contributed by atoms with E-state index >= 15 is 0 Å². The van der Waals surface area contributed by atoms with E-state index in [2.05, 4.69) is 15.9 Å². The zero-order valence-corrected chi connectivity index (χ0v) is 12.8. The van der Waals surface area contributed by atoms with Crippen LogP contribution in [-0.4, -0.2) is 11.9 Å². The highest BCUT2D eigenvalue weighted by atomic mass is 79.9.